The van der Waals surface area contributed by atoms with Gasteiger partial charge < -0.3 is 47.0 Å². The Morgan fingerprint density at radius 1 is 0.678 bits per heavy atom. The van der Waals surface area contributed by atoms with Crippen molar-refractivity contribution in [2.24, 2.45) is 0 Å². The van der Waals surface area contributed by atoms with E-state index >= 15 is 0 Å². The first-order chi connectivity index (χ1) is 26.3. The van der Waals surface area contributed by atoms with E-state index in [1.54, 1.807) is 20.8 Å². The maximum Gasteiger partial charge on any atom is 1.00 e. The van der Waals surface area contributed by atoms with Gasteiger partial charge in [-0.1, -0.05) is 6.92 Å². The Morgan fingerprint density at radius 3 is 1.37 bits per heavy atom. The number of hydrogen-bond donors (Lipinski definition) is 5. The van der Waals surface area contributed by atoms with Crippen LogP contribution in [0.1, 0.15) is 48.2 Å². The fourth-order valence-corrected chi connectivity index (χ4v) is 3.58. The number of aromatic carboxylic acids is 1. The number of anilines is 2. The van der Waals surface area contributed by atoms with Gasteiger partial charge in [0.2, 0.25) is 17.2 Å². The summed E-state index contributed by atoms with van der Waals surface area (Å²) < 4.78 is 85.1. The van der Waals surface area contributed by atoms with Crippen molar-refractivity contribution in [1.29, 1.82) is 0 Å². The molecule has 3 aromatic carbocycles. The average molecular weight is 841 g/mol. The molecule has 0 saturated heterocycles. The quantitative estimate of drug-likeness (QED) is 0.0466. The molecule has 10 N–H and O–H groups in total. The fraction of sp³-hybridized carbons (Fsp3) is 0.182. The number of nitrogen functional groups attached to an aromatic ring is 2. The van der Waals surface area contributed by atoms with Crippen LogP contribution in [0.25, 0.3) is 22.1 Å². The number of fused-ring (bicyclic) bond motifs is 2. The van der Waals surface area contributed by atoms with Gasteiger partial charge in [-0.05, 0) is 13.8 Å². The number of aromatic nitrogens is 4. The average Bonchev–Trinajstić information content (AvgIpc) is 3.12. The maximum atomic E-state index is 13.0. The van der Waals surface area contributed by atoms with E-state index in [0.717, 1.165) is 30.3 Å². The summed E-state index contributed by atoms with van der Waals surface area (Å²) in [6, 6.07) is 4.75. The minimum atomic E-state index is -1.53. The van der Waals surface area contributed by atoms with Crippen LogP contribution in [0, 0.1) is 34.9 Å². The summed E-state index contributed by atoms with van der Waals surface area (Å²) in [5.74, 6) is -10.1. The molecule has 59 heavy (non-hydrogen) atoms. The molecule has 0 aliphatic heterocycles. The van der Waals surface area contributed by atoms with Gasteiger partial charge in [-0.15, -0.1) is 0 Å². The summed E-state index contributed by atoms with van der Waals surface area (Å²) in [4.78, 5) is 93.1. The molecule has 314 valence electrons. The number of nitrogens with one attached hydrogen (secondary N) is 2. The van der Waals surface area contributed by atoms with Gasteiger partial charge in [-0.2, -0.15) is 9.59 Å². The minimum absolute atomic E-state index is 0. The Balaban J connectivity index is -0.000000705. The normalized spacial score (nSPS) is 9.24. The second-order valence-corrected chi connectivity index (χ2v) is 9.90. The van der Waals surface area contributed by atoms with Gasteiger partial charge in [0.15, 0.2) is 34.9 Å². The standard InChI is InChI=1S/C11H8F2N2O3.C9H4F2N2O3.C6H6F2N2.C6H10O3.CO2.Li.2H2O/c1-2-18-11(17)9-10(16)15-8-4-6(13)5(12)3-7(8)14-9;10-3-1-5-6(2-4(3)11)13-8(14)7(12-5)9(15)16;7-3-1-5(9)6(10)2-4(3)8;1-3-5(7)6(8)9-4-2;2-1-3;;;/h3-4H,2H2,1H3,(H,15,16);1-2H,(H,13,14)(H,15,16);1-2H,9-10H2;3-4H2,1-2H3;;;2*1H2/q;;;;;+1;;/p-1. The van der Waals surface area contributed by atoms with Crippen LogP contribution in [-0.2, 0) is 28.7 Å². The molecule has 0 amide bonds. The van der Waals surface area contributed by atoms with E-state index in [4.69, 9.17) is 26.2 Å². The van der Waals surface area contributed by atoms with Crippen molar-refractivity contribution < 1.29 is 99.5 Å². The third kappa shape index (κ3) is 17.0. The number of ether oxygens (including phenoxy) is 2. The first-order valence-electron chi connectivity index (χ1n) is 15.1. The Hall–Kier alpha value is -6.90. The molecule has 2 heterocycles. The first-order valence-corrected chi connectivity index (χ1v) is 15.1. The number of carboxylic acids is 1. The zero-order chi connectivity index (χ0) is 42.9. The summed E-state index contributed by atoms with van der Waals surface area (Å²) >= 11 is 0. The number of carboxylic acid groups (broad SMARTS) is 1. The van der Waals surface area contributed by atoms with E-state index in [1.807, 2.05) is 0 Å². The molecule has 26 heteroatoms. The molecule has 2 aromatic heterocycles. The third-order valence-electron chi connectivity index (χ3n) is 6.09. The van der Waals surface area contributed by atoms with Gasteiger partial charge in [0.25, 0.3) is 11.1 Å². The van der Waals surface area contributed by atoms with Crippen LogP contribution in [0.15, 0.2) is 46.0 Å². The van der Waals surface area contributed by atoms with Gasteiger partial charge >= 0.3 is 42.9 Å². The smallest absolute Gasteiger partial charge is 0.870 e. The van der Waals surface area contributed by atoms with Crippen LogP contribution < -0.4 is 41.4 Å². The molecule has 0 aliphatic rings. The molecule has 0 atom stereocenters. The van der Waals surface area contributed by atoms with Crippen molar-refractivity contribution in [1.82, 2.24) is 19.9 Å². The number of benzene rings is 3. The van der Waals surface area contributed by atoms with Crippen molar-refractivity contribution in [3.05, 3.63) is 103 Å². The number of aromatic amines is 2. The summed E-state index contributed by atoms with van der Waals surface area (Å²) in [6.45, 7) is 5.21. The van der Waals surface area contributed by atoms with Gasteiger partial charge in [-0.3, -0.25) is 14.4 Å². The molecule has 5 rings (SSSR count). The van der Waals surface area contributed by atoms with E-state index < -0.39 is 81.1 Å². The number of ketones is 1. The van der Waals surface area contributed by atoms with E-state index in [0.29, 0.717) is 6.07 Å². The van der Waals surface area contributed by atoms with E-state index in [2.05, 4.69) is 29.4 Å². The van der Waals surface area contributed by atoms with Crippen LogP contribution in [0.4, 0.5) is 37.7 Å². The van der Waals surface area contributed by atoms with Crippen molar-refractivity contribution >= 4 is 63.3 Å². The number of Topliss-reactive ketones (excluding diaryl/α,β-unsaturated/α-hetero) is 1. The number of esters is 2. The molecular weight excluding hydrogens is 809 g/mol. The SMILES string of the molecule is CCOC(=O)C(=O)CC.CCOC(=O)c1nc2cc(F)c(F)cc2[nH]c1=O.Nc1cc(F)c(F)cc1N.O.O=C(O)c1nc2cc(F)c(F)cc2[nH]c1=O.O=C=O.[Li+].[OH-]. The second-order valence-electron chi connectivity index (χ2n) is 9.90. The largest absolute Gasteiger partial charge is 1.00 e. The molecular formula is C33H31F6LiN6O13. The van der Waals surface area contributed by atoms with Crippen LogP contribution in [-0.4, -0.2) is 79.1 Å². The predicted molar refractivity (Wildman–Crippen MR) is 185 cm³/mol. The van der Waals surface area contributed by atoms with Gasteiger partial charge in [0.05, 0.1) is 46.7 Å². The topological polar surface area (TPSA) is 346 Å². The number of hydrogen-bond acceptors (Lipinski definition) is 15. The first kappa shape index (κ1) is 56.4. The molecule has 0 unspecified atom stereocenters. The Kier molecular flexibility index (Phi) is 25.7. The minimum Gasteiger partial charge on any atom is -0.870 e. The van der Waals surface area contributed by atoms with Gasteiger partial charge in [0.1, 0.15) is 0 Å². The predicted octanol–water partition coefficient (Wildman–Crippen LogP) is -0.646. The second kappa shape index (κ2) is 26.9. The Labute approximate surface area is 337 Å². The van der Waals surface area contributed by atoms with E-state index in [-0.39, 0.29) is 89.0 Å². The van der Waals surface area contributed by atoms with Gasteiger partial charge in [-0.25, -0.2) is 50.7 Å². The number of nitrogens with zero attached hydrogens (tertiary/aromatic N) is 2. The summed E-state index contributed by atoms with van der Waals surface area (Å²) in [6.07, 6.45) is 0.471. The monoisotopic (exact) mass is 840 g/mol. The Bertz CT molecular complexity index is 2360. The molecule has 0 saturated carbocycles. The summed E-state index contributed by atoms with van der Waals surface area (Å²) in [5, 5.41) is 8.60. The Morgan fingerprint density at radius 2 is 1.02 bits per heavy atom. The molecule has 0 aliphatic carbocycles. The number of H-pyrrole nitrogens is 2. The van der Waals surface area contributed by atoms with Crippen LogP contribution in [0.5, 0.6) is 0 Å². The molecule has 0 radical (unpaired) electrons. The zero-order valence-corrected chi connectivity index (χ0v) is 30.9. The van der Waals surface area contributed by atoms with Crippen LogP contribution >= 0.6 is 0 Å². The maximum absolute atomic E-state index is 13.0. The molecule has 19 nitrogen and oxygen atoms in total. The van der Waals surface area contributed by atoms with E-state index in [9.17, 15) is 55.1 Å². The van der Waals surface area contributed by atoms with Crippen LogP contribution in [0.2, 0.25) is 0 Å². The third-order valence-corrected chi connectivity index (χ3v) is 6.09. The number of carbonyl (C=O) groups is 4. The zero-order valence-electron chi connectivity index (χ0n) is 30.9. The van der Waals surface area contributed by atoms with Crippen molar-refractivity contribution in [2.45, 2.75) is 27.2 Å². The number of carbonyl (C=O) groups excluding carboxylic acids is 5. The van der Waals surface area contributed by atoms with Crippen molar-refractivity contribution in [3.63, 3.8) is 0 Å². The van der Waals surface area contributed by atoms with Crippen molar-refractivity contribution in [3.8, 4) is 0 Å². The number of nitrogens with two attached hydrogens (primary N) is 2. The van der Waals surface area contributed by atoms with Crippen molar-refractivity contribution in [2.75, 3.05) is 24.7 Å². The fourth-order valence-electron chi connectivity index (χ4n) is 3.58. The van der Waals surface area contributed by atoms with Gasteiger partial charge in [0, 0.05) is 42.8 Å². The molecule has 0 fully saturated rings. The molecule has 5 aromatic rings. The molecule has 0 spiro atoms. The molecule has 0 bridgehead atoms. The summed E-state index contributed by atoms with van der Waals surface area (Å²) in [7, 11) is 0. The van der Waals surface area contributed by atoms with E-state index in [1.165, 1.54) is 0 Å². The summed E-state index contributed by atoms with van der Waals surface area (Å²) in [5.41, 5.74) is 7.17. The number of halogens is 6. The van der Waals surface area contributed by atoms with Crippen LogP contribution in [0.3, 0.4) is 0 Å². The number of rotatable bonds is 6.